The standard InChI is InChI=1S/C16H13BrN2O3/c1-10(11-5-6-14-15(8-11)22-9-21-14)18-19-16(20)12-3-2-4-13(17)7-12/h2-8H,9H2,1H3,(H,19,20)/b18-10+. The van der Waals surface area contributed by atoms with Crippen LogP contribution in [-0.4, -0.2) is 18.4 Å². The predicted octanol–water partition coefficient (Wildman–Crippen LogP) is 3.33. The molecule has 112 valence electrons. The molecule has 0 radical (unpaired) electrons. The highest BCUT2D eigenvalue weighted by Crippen LogP contribution is 2.32. The van der Waals surface area contributed by atoms with E-state index in [0.717, 1.165) is 15.8 Å². The first-order valence-electron chi connectivity index (χ1n) is 6.64. The zero-order valence-corrected chi connectivity index (χ0v) is 13.4. The van der Waals surface area contributed by atoms with Crippen molar-refractivity contribution in [3.05, 3.63) is 58.1 Å². The summed E-state index contributed by atoms with van der Waals surface area (Å²) in [7, 11) is 0. The van der Waals surface area contributed by atoms with Crippen molar-refractivity contribution in [1.29, 1.82) is 0 Å². The number of nitrogens with one attached hydrogen (secondary N) is 1. The summed E-state index contributed by atoms with van der Waals surface area (Å²) in [5.74, 6) is 1.14. The first kappa shape index (κ1) is 14.6. The number of halogens is 1. The normalized spacial score (nSPS) is 13.1. The Kier molecular flexibility index (Phi) is 4.11. The SMILES string of the molecule is C/C(=N\NC(=O)c1cccc(Br)c1)c1ccc2c(c1)OCO2. The average Bonchev–Trinajstić information content (AvgIpc) is 2.99. The quantitative estimate of drug-likeness (QED) is 0.674. The van der Waals surface area contributed by atoms with Crippen LogP contribution in [0.5, 0.6) is 11.5 Å². The molecule has 3 rings (SSSR count). The minimum atomic E-state index is -0.263. The number of carbonyl (C=O) groups excluding carboxylic acids is 1. The number of rotatable bonds is 3. The summed E-state index contributed by atoms with van der Waals surface area (Å²) in [6, 6.07) is 12.7. The number of amides is 1. The Balaban J connectivity index is 1.73. The molecule has 1 amide bonds. The first-order valence-corrected chi connectivity index (χ1v) is 7.43. The van der Waals surface area contributed by atoms with E-state index in [0.29, 0.717) is 17.0 Å². The first-order chi connectivity index (χ1) is 10.6. The van der Waals surface area contributed by atoms with E-state index >= 15 is 0 Å². The Bertz CT molecular complexity index is 759. The van der Waals surface area contributed by atoms with Crippen LogP contribution >= 0.6 is 15.9 Å². The van der Waals surface area contributed by atoms with Crippen molar-refractivity contribution in [2.75, 3.05) is 6.79 Å². The van der Waals surface area contributed by atoms with E-state index in [4.69, 9.17) is 9.47 Å². The molecule has 0 fully saturated rings. The van der Waals surface area contributed by atoms with Crippen LogP contribution in [0.1, 0.15) is 22.8 Å². The monoisotopic (exact) mass is 360 g/mol. The lowest BCUT2D eigenvalue weighted by Crippen LogP contribution is -2.19. The Labute approximate surface area is 136 Å². The Morgan fingerprint density at radius 1 is 1.14 bits per heavy atom. The van der Waals surface area contributed by atoms with Gasteiger partial charge in [-0.15, -0.1) is 0 Å². The van der Waals surface area contributed by atoms with Crippen LogP contribution in [0, 0.1) is 0 Å². The maximum Gasteiger partial charge on any atom is 0.271 e. The van der Waals surface area contributed by atoms with E-state index < -0.39 is 0 Å². The summed E-state index contributed by atoms with van der Waals surface area (Å²) in [6.45, 7) is 2.05. The number of hydrogen-bond acceptors (Lipinski definition) is 4. The molecule has 0 spiro atoms. The molecule has 1 aliphatic heterocycles. The molecular formula is C16H13BrN2O3. The van der Waals surface area contributed by atoms with Gasteiger partial charge in [-0.05, 0) is 43.3 Å². The van der Waals surface area contributed by atoms with Crippen LogP contribution in [0.3, 0.4) is 0 Å². The topological polar surface area (TPSA) is 59.9 Å². The molecule has 0 aliphatic carbocycles. The number of hydrogen-bond donors (Lipinski definition) is 1. The van der Waals surface area contributed by atoms with Gasteiger partial charge in [0.1, 0.15) is 0 Å². The molecular weight excluding hydrogens is 348 g/mol. The van der Waals surface area contributed by atoms with Crippen LogP contribution in [-0.2, 0) is 0 Å². The largest absolute Gasteiger partial charge is 0.454 e. The summed E-state index contributed by atoms with van der Waals surface area (Å²) >= 11 is 3.33. The van der Waals surface area contributed by atoms with Crippen molar-refractivity contribution in [3.8, 4) is 11.5 Å². The van der Waals surface area contributed by atoms with Crippen molar-refractivity contribution in [1.82, 2.24) is 5.43 Å². The molecule has 1 heterocycles. The maximum absolute atomic E-state index is 12.0. The van der Waals surface area contributed by atoms with E-state index in [1.807, 2.05) is 31.2 Å². The molecule has 1 aliphatic rings. The van der Waals surface area contributed by atoms with Crippen LogP contribution in [0.15, 0.2) is 52.0 Å². The van der Waals surface area contributed by atoms with E-state index in [1.165, 1.54) is 0 Å². The van der Waals surface area contributed by atoms with E-state index in [1.54, 1.807) is 18.2 Å². The van der Waals surface area contributed by atoms with Gasteiger partial charge in [-0.1, -0.05) is 22.0 Å². The van der Waals surface area contributed by atoms with Gasteiger partial charge in [-0.2, -0.15) is 5.10 Å². The van der Waals surface area contributed by atoms with Gasteiger partial charge >= 0.3 is 0 Å². The lowest BCUT2D eigenvalue weighted by atomic mass is 10.1. The van der Waals surface area contributed by atoms with E-state index in [9.17, 15) is 4.79 Å². The highest BCUT2D eigenvalue weighted by molar-refractivity contribution is 9.10. The molecule has 2 aromatic rings. The zero-order chi connectivity index (χ0) is 15.5. The Morgan fingerprint density at radius 2 is 1.95 bits per heavy atom. The lowest BCUT2D eigenvalue weighted by molar-refractivity contribution is 0.0954. The summed E-state index contributed by atoms with van der Waals surface area (Å²) < 4.78 is 11.4. The van der Waals surface area contributed by atoms with Gasteiger partial charge in [0.05, 0.1) is 5.71 Å². The molecule has 0 saturated heterocycles. The predicted molar refractivity (Wildman–Crippen MR) is 86.4 cm³/mol. The molecule has 2 aromatic carbocycles. The minimum Gasteiger partial charge on any atom is -0.454 e. The molecule has 0 aromatic heterocycles. The Hall–Kier alpha value is -2.34. The number of hydrazone groups is 1. The molecule has 0 atom stereocenters. The van der Waals surface area contributed by atoms with E-state index in [-0.39, 0.29) is 12.7 Å². The molecule has 6 heteroatoms. The molecule has 22 heavy (non-hydrogen) atoms. The number of carbonyl (C=O) groups is 1. The van der Waals surface area contributed by atoms with Crippen molar-refractivity contribution < 1.29 is 14.3 Å². The molecule has 1 N–H and O–H groups in total. The van der Waals surface area contributed by atoms with Gasteiger partial charge in [0, 0.05) is 15.6 Å². The minimum absolute atomic E-state index is 0.231. The van der Waals surface area contributed by atoms with Crippen LogP contribution in [0.4, 0.5) is 0 Å². The van der Waals surface area contributed by atoms with Crippen LogP contribution in [0.25, 0.3) is 0 Å². The fourth-order valence-electron chi connectivity index (χ4n) is 2.02. The van der Waals surface area contributed by atoms with Crippen LogP contribution < -0.4 is 14.9 Å². The lowest BCUT2D eigenvalue weighted by Gasteiger charge is -2.04. The molecule has 0 unspecified atom stereocenters. The number of benzene rings is 2. The zero-order valence-electron chi connectivity index (χ0n) is 11.8. The van der Waals surface area contributed by atoms with Crippen molar-refractivity contribution in [3.63, 3.8) is 0 Å². The average molecular weight is 361 g/mol. The third-order valence-electron chi connectivity index (χ3n) is 3.20. The van der Waals surface area contributed by atoms with E-state index in [2.05, 4.69) is 26.5 Å². The second-order valence-electron chi connectivity index (χ2n) is 4.72. The molecule has 0 saturated carbocycles. The van der Waals surface area contributed by atoms with Crippen molar-refractivity contribution >= 4 is 27.5 Å². The molecule has 0 bridgehead atoms. The van der Waals surface area contributed by atoms with Crippen molar-refractivity contribution in [2.45, 2.75) is 6.92 Å². The summed E-state index contributed by atoms with van der Waals surface area (Å²) in [5, 5.41) is 4.13. The highest BCUT2D eigenvalue weighted by Gasteiger charge is 2.14. The van der Waals surface area contributed by atoms with Gasteiger partial charge in [0.15, 0.2) is 11.5 Å². The second-order valence-corrected chi connectivity index (χ2v) is 5.63. The van der Waals surface area contributed by atoms with Gasteiger partial charge in [-0.3, -0.25) is 4.79 Å². The number of nitrogens with zero attached hydrogens (tertiary/aromatic N) is 1. The maximum atomic E-state index is 12.0. The van der Waals surface area contributed by atoms with Crippen LogP contribution in [0.2, 0.25) is 0 Å². The summed E-state index contributed by atoms with van der Waals surface area (Å²) in [6.07, 6.45) is 0. The van der Waals surface area contributed by atoms with Gasteiger partial charge in [0.25, 0.3) is 5.91 Å². The van der Waals surface area contributed by atoms with Gasteiger partial charge in [-0.25, -0.2) is 5.43 Å². The third kappa shape index (κ3) is 3.12. The third-order valence-corrected chi connectivity index (χ3v) is 3.70. The Morgan fingerprint density at radius 3 is 2.77 bits per heavy atom. The number of fused-ring (bicyclic) bond motifs is 1. The molecule has 5 nitrogen and oxygen atoms in total. The fourth-order valence-corrected chi connectivity index (χ4v) is 2.41. The second kappa shape index (κ2) is 6.19. The van der Waals surface area contributed by atoms with Crippen molar-refractivity contribution in [2.24, 2.45) is 5.10 Å². The summed E-state index contributed by atoms with van der Waals surface area (Å²) in [5.41, 5.74) is 4.63. The smallest absolute Gasteiger partial charge is 0.271 e. The summed E-state index contributed by atoms with van der Waals surface area (Å²) in [4.78, 5) is 12.0. The van der Waals surface area contributed by atoms with Gasteiger partial charge in [0.2, 0.25) is 6.79 Å². The fraction of sp³-hybridized carbons (Fsp3) is 0.125. The van der Waals surface area contributed by atoms with Gasteiger partial charge < -0.3 is 9.47 Å². The number of ether oxygens (including phenoxy) is 2. The highest BCUT2D eigenvalue weighted by atomic mass is 79.9.